The van der Waals surface area contributed by atoms with Gasteiger partial charge >= 0.3 is 0 Å². The largest absolute Gasteiger partial charge is 0.466 e. The zero-order chi connectivity index (χ0) is 10.9. The van der Waals surface area contributed by atoms with Crippen molar-refractivity contribution in [1.29, 1.82) is 0 Å². The zero-order valence-electron chi connectivity index (χ0n) is 8.79. The van der Waals surface area contributed by atoms with Gasteiger partial charge in [-0.05, 0) is 33.9 Å². The fourth-order valence-electron chi connectivity index (χ4n) is 1.40. The Hall–Kier alpha value is -0.810. The first-order valence-electron chi connectivity index (χ1n) is 4.37. The molecule has 4 nitrogen and oxygen atoms in total. The van der Waals surface area contributed by atoms with Gasteiger partial charge in [0.1, 0.15) is 16.8 Å². The minimum atomic E-state index is -3.27. The summed E-state index contributed by atoms with van der Waals surface area (Å²) >= 11 is 0. The number of furan rings is 1. The Bertz CT molecular complexity index is 419. The minimum Gasteiger partial charge on any atom is -0.466 e. The van der Waals surface area contributed by atoms with E-state index < -0.39 is 15.3 Å². The van der Waals surface area contributed by atoms with Crippen molar-refractivity contribution in [3.05, 3.63) is 23.2 Å². The molecular weight excluding hydrogens is 202 g/mol. The minimum absolute atomic E-state index is 0.579. The molecule has 1 heterocycles. The monoisotopic (exact) mass is 217 g/mol. The molecule has 1 atom stereocenters. The summed E-state index contributed by atoms with van der Waals surface area (Å²) in [7, 11) is -1.86. The van der Waals surface area contributed by atoms with Gasteiger partial charge in [0.2, 0.25) is 10.0 Å². The highest BCUT2D eigenvalue weighted by Gasteiger charge is 2.24. The van der Waals surface area contributed by atoms with Crippen LogP contribution in [0.1, 0.15) is 29.3 Å². The Morgan fingerprint density at radius 3 is 2.36 bits per heavy atom. The molecular formula is C9H15NO3S. The Kier molecular flexibility index (Phi) is 3.01. The second kappa shape index (κ2) is 3.74. The summed E-state index contributed by atoms with van der Waals surface area (Å²) in [6, 6.07) is 1.76. The lowest BCUT2D eigenvalue weighted by molar-refractivity contribution is 0.500. The average molecular weight is 217 g/mol. The summed E-state index contributed by atoms with van der Waals surface area (Å²) in [6.45, 7) is 5.21. The average Bonchev–Trinajstić information content (AvgIpc) is 2.44. The molecule has 1 aromatic heterocycles. The maximum atomic E-state index is 11.5. The van der Waals surface area contributed by atoms with E-state index in [2.05, 4.69) is 4.72 Å². The molecule has 1 unspecified atom stereocenters. The molecule has 0 aromatic carbocycles. The van der Waals surface area contributed by atoms with E-state index in [1.807, 2.05) is 0 Å². The lowest BCUT2D eigenvalue weighted by Crippen LogP contribution is -2.24. The number of hydrogen-bond donors (Lipinski definition) is 1. The topological polar surface area (TPSA) is 59.3 Å². The molecule has 0 aliphatic rings. The molecule has 0 amide bonds. The third-order valence-electron chi connectivity index (χ3n) is 2.27. The molecule has 0 spiro atoms. The van der Waals surface area contributed by atoms with E-state index >= 15 is 0 Å². The molecule has 1 N–H and O–H groups in total. The lowest BCUT2D eigenvalue weighted by Gasteiger charge is -2.10. The highest BCUT2D eigenvalue weighted by molar-refractivity contribution is 7.89. The van der Waals surface area contributed by atoms with Crippen LogP contribution < -0.4 is 4.72 Å². The Labute approximate surface area is 84.4 Å². The van der Waals surface area contributed by atoms with Gasteiger partial charge in [-0.15, -0.1) is 0 Å². The van der Waals surface area contributed by atoms with Crippen LogP contribution in [-0.2, 0) is 10.0 Å². The molecule has 1 aromatic rings. The van der Waals surface area contributed by atoms with Crippen LogP contribution in [0.25, 0.3) is 0 Å². The third kappa shape index (κ3) is 1.99. The standard InChI is InChI=1S/C9H15NO3S/c1-6-5-9(7(2)13-6)8(3)14(11,12)10-4/h5,8,10H,1-4H3. The maximum Gasteiger partial charge on any atom is 0.218 e. The zero-order valence-corrected chi connectivity index (χ0v) is 9.60. The van der Waals surface area contributed by atoms with Crippen molar-refractivity contribution in [3.8, 4) is 0 Å². The first kappa shape index (κ1) is 11.3. The normalized spacial score (nSPS) is 14.3. The van der Waals surface area contributed by atoms with Gasteiger partial charge in [0.05, 0.1) is 0 Å². The Morgan fingerprint density at radius 2 is 2.00 bits per heavy atom. The highest BCUT2D eigenvalue weighted by Crippen LogP contribution is 2.26. The number of aryl methyl sites for hydroxylation is 2. The molecule has 0 radical (unpaired) electrons. The lowest BCUT2D eigenvalue weighted by atomic mass is 10.2. The van der Waals surface area contributed by atoms with Gasteiger partial charge in [-0.3, -0.25) is 0 Å². The SMILES string of the molecule is CNS(=O)(=O)C(C)c1cc(C)oc1C. The van der Waals surface area contributed by atoms with Crippen LogP contribution in [0, 0.1) is 13.8 Å². The van der Waals surface area contributed by atoms with Crippen molar-refractivity contribution in [2.75, 3.05) is 7.05 Å². The summed E-state index contributed by atoms with van der Waals surface area (Å²) in [5.41, 5.74) is 0.719. The van der Waals surface area contributed by atoms with E-state index in [4.69, 9.17) is 4.42 Å². The molecule has 0 fully saturated rings. The molecule has 0 bridgehead atoms. The van der Waals surface area contributed by atoms with E-state index in [9.17, 15) is 8.42 Å². The smallest absolute Gasteiger partial charge is 0.218 e. The van der Waals surface area contributed by atoms with Crippen LogP contribution in [0.5, 0.6) is 0 Å². The summed E-state index contributed by atoms with van der Waals surface area (Å²) in [4.78, 5) is 0. The number of hydrogen-bond acceptors (Lipinski definition) is 3. The highest BCUT2D eigenvalue weighted by atomic mass is 32.2. The predicted octanol–water partition coefficient (Wildman–Crippen LogP) is 1.51. The molecule has 0 aliphatic carbocycles. The van der Waals surface area contributed by atoms with E-state index in [0.29, 0.717) is 5.76 Å². The van der Waals surface area contributed by atoms with E-state index in [1.165, 1.54) is 7.05 Å². The van der Waals surface area contributed by atoms with Crippen molar-refractivity contribution in [2.45, 2.75) is 26.0 Å². The number of nitrogens with one attached hydrogen (secondary N) is 1. The van der Waals surface area contributed by atoms with Crippen LogP contribution in [0.4, 0.5) is 0 Å². The molecule has 1 rings (SSSR count). The Balaban J connectivity index is 3.13. The van der Waals surface area contributed by atoms with Crippen molar-refractivity contribution in [2.24, 2.45) is 0 Å². The molecule has 14 heavy (non-hydrogen) atoms. The Morgan fingerprint density at radius 1 is 1.43 bits per heavy atom. The molecule has 0 saturated heterocycles. The van der Waals surface area contributed by atoms with Crippen LogP contribution >= 0.6 is 0 Å². The number of rotatable bonds is 3. The second-order valence-electron chi connectivity index (χ2n) is 3.26. The van der Waals surface area contributed by atoms with Gasteiger partial charge in [-0.1, -0.05) is 0 Å². The molecule has 5 heteroatoms. The van der Waals surface area contributed by atoms with Gasteiger partial charge in [0, 0.05) is 5.56 Å². The molecule has 0 aliphatic heterocycles. The van der Waals surface area contributed by atoms with Crippen molar-refractivity contribution < 1.29 is 12.8 Å². The van der Waals surface area contributed by atoms with Gasteiger partial charge < -0.3 is 4.42 Å². The van der Waals surface area contributed by atoms with Crippen LogP contribution in [0.2, 0.25) is 0 Å². The first-order valence-corrected chi connectivity index (χ1v) is 5.92. The summed E-state index contributed by atoms with van der Waals surface area (Å²) < 4.78 is 30.6. The van der Waals surface area contributed by atoms with E-state index in [1.54, 1.807) is 26.8 Å². The second-order valence-corrected chi connectivity index (χ2v) is 5.47. The maximum absolute atomic E-state index is 11.5. The van der Waals surface area contributed by atoms with E-state index in [0.717, 1.165) is 11.3 Å². The van der Waals surface area contributed by atoms with Gasteiger partial charge in [-0.2, -0.15) is 0 Å². The van der Waals surface area contributed by atoms with Crippen molar-refractivity contribution in [3.63, 3.8) is 0 Å². The van der Waals surface area contributed by atoms with Crippen LogP contribution in [0.15, 0.2) is 10.5 Å². The molecule has 80 valence electrons. The van der Waals surface area contributed by atoms with Crippen LogP contribution in [-0.4, -0.2) is 15.5 Å². The van der Waals surface area contributed by atoms with Gasteiger partial charge in [-0.25, -0.2) is 13.1 Å². The predicted molar refractivity (Wildman–Crippen MR) is 54.6 cm³/mol. The van der Waals surface area contributed by atoms with Gasteiger partial charge in [0.15, 0.2) is 0 Å². The summed E-state index contributed by atoms with van der Waals surface area (Å²) in [5.74, 6) is 1.39. The van der Waals surface area contributed by atoms with Crippen molar-refractivity contribution >= 4 is 10.0 Å². The molecule has 0 saturated carbocycles. The fourth-order valence-corrected chi connectivity index (χ4v) is 2.32. The first-order chi connectivity index (χ1) is 6.38. The summed E-state index contributed by atoms with van der Waals surface area (Å²) in [6.07, 6.45) is 0. The quantitative estimate of drug-likeness (QED) is 0.834. The van der Waals surface area contributed by atoms with E-state index in [-0.39, 0.29) is 0 Å². The third-order valence-corrected chi connectivity index (χ3v) is 4.02. The summed E-state index contributed by atoms with van der Waals surface area (Å²) in [5, 5.41) is -0.579. The number of sulfonamides is 1. The van der Waals surface area contributed by atoms with Crippen LogP contribution in [0.3, 0.4) is 0 Å². The van der Waals surface area contributed by atoms with Crippen molar-refractivity contribution in [1.82, 2.24) is 4.72 Å². The van der Waals surface area contributed by atoms with Gasteiger partial charge in [0.25, 0.3) is 0 Å². The fraction of sp³-hybridized carbons (Fsp3) is 0.556.